The maximum atomic E-state index is 6.14. The second kappa shape index (κ2) is 8.67. The van der Waals surface area contributed by atoms with Crippen LogP contribution in [-0.4, -0.2) is 38.4 Å². The lowest BCUT2D eigenvalue weighted by atomic mass is 9.99. The van der Waals surface area contributed by atoms with Crippen molar-refractivity contribution in [3.8, 4) is 5.75 Å². The summed E-state index contributed by atoms with van der Waals surface area (Å²) in [6.07, 6.45) is 8.13. The zero-order valence-corrected chi connectivity index (χ0v) is 16.2. The normalized spacial score (nSPS) is 19.0. The first kappa shape index (κ1) is 17.5. The van der Waals surface area contributed by atoms with Crippen LogP contribution < -0.4 is 4.74 Å². The minimum absolute atomic E-state index is 0.541. The third-order valence-corrected chi connectivity index (χ3v) is 8.15. The quantitative estimate of drug-likeness (QED) is 0.691. The molecule has 3 rings (SSSR count). The van der Waals surface area contributed by atoms with Gasteiger partial charge in [-0.2, -0.15) is 5.10 Å². The highest BCUT2D eigenvalue weighted by atomic mass is 28.3. The van der Waals surface area contributed by atoms with Gasteiger partial charge < -0.3 is 9.47 Å². The number of nitrogens with one attached hydrogen (secondary N) is 1. The van der Waals surface area contributed by atoms with Crippen LogP contribution in [0.2, 0.25) is 12.1 Å². The van der Waals surface area contributed by atoms with Crippen LogP contribution in [0.4, 0.5) is 0 Å². The minimum Gasteiger partial charge on any atom is -0.493 e. The summed E-state index contributed by atoms with van der Waals surface area (Å²) in [6, 6.07) is 7.03. The molecule has 1 fully saturated rings. The number of H-pyrrole nitrogens is 1. The molecule has 0 spiro atoms. The molecule has 2 heterocycles. The lowest BCUT2D eigenvalue weighted by molar-refractivity contribution is 0.213. The van der Waals surface area contributed by atoms with Crippen molar-refractivity contribution >= 4 is 19.7 Å². The van der Waals surface area contributed by atoms with E-state index in [-0.39, 0.29) is 0 Å². The highest BCUT2D eigenvalue weighted by molar-refractivity contribution is 6.59. The Morgan fingerprint density at radius 2 is 2.29 bits per heavy atom. The lowest BCUT2D eigenvalue weighted by Gasteiger charge is -2.18. The maximum Gasteiger partial charge on any atom is 0.121 e. The predicted molar refractivity (Wildman–Crippen MR) is 102 cm³/mol. The SMILES string of the molecule is CCCC(CCC[SiH]1CCOC1)COc1cc(C)c2cn[nH]c2c1. The van der Waals surface area contributed by atoms with Gasteiger partial charge in [0.05, 0.1) is 27.1 Å². The van der Waals surface area contributed by atoms with Gasteiger partial charge in [0.15, 0.2) is 0 Å². The molecular weight excluding hydrogens is 316 g/mol. The van der Waals surface area contributed by atoms with Gasteiger partial charge in [-0.15, -0.1) is 0 Å². The third-order valence-electron chi connectivity index (χ3n) is 5.17. The summed E-state index contributed by atoms with van der Waals surface area (Å²) >= 11 is 0. The number of hydrogen-bond donors (Lipinski definition) is 1. The summed E-state index contributed by atoms with van der Waals surface area (Å²) in [7, 11) is -0.541. The van der Waals surface area contributed by atoms with E-state index in [0.29, 0.717) is 5.92 Å². The Labute approximate surface area is 146 Å². The van der Waals surface area contributed by atoms with Crippen LogP contribution in [0.25, 0.3) is 10.9 Å². The second-order valence-electron chi connectivity index (χ2n) is 7.20. The summed E-state index contributed by atoms with van der Waals surface area (Å²) in [4.78, 5) is 0. The van der Waals surface area contributed by atoms with Crippen molar-refractivity contribution in [2.24, 2.45) is 5.92 Å². The molecule has 1 saturated heterocycles. The second-order valence-corrected chi connectivity index (χ2v) is 10.4. The molecule has 1 aromatic heterocycles. The van der Waals surface area contributed by atoms with Gasteiger partial charge in [0, 0.05) is 24.3 Å². The molecule has 4 nitrogen and oxygen atoms in total. The highest BCUT2D eigenvalue weighted by Gasteiger charge is 2.18. The summed E-state index contributed by atoms with van der Waals surface area (Å²) in [6.45, 7) is 6.24. The molecule has 2 atom stereocenters. The summed E-state index contributed by atoms with van der Waals surface area (Å²) < 4.78 is 11.7. The molecule has 132 valence electrons. The average Bonchev–Trinajstić information content (AvgIpc) is 3.24. The molecule has 1 aliphatic heterocycles. The largest absolute Gasteiger partial charge is 0.493 e. The zero-order valence-electron chi connectivity index (χ0n) is 15.0. The molecule has 0 radical (unpaired) electrons. The standard InChI is InChI=1S/C19H30N2O2Si/c1-3-5-16(6-4-8-24-9-7-22-14-24)13-23-17-10-15(2)18-12-20-21-19(18)11-17/h10-12,16,24H,3-9,13-14H2,1-2H3,(H,20,21). The van der Waals surface area contributed by atoms with Crippen molar-refractivity contribution in [1.29, 1.82) is 0 Å². The van der Waals surface area contributed by atoms with Gasteiger partial charge >= 0.3 is 0 Å². The van der Waals surface area contributed by atoms with Crippen LogP contribution in [0.3, 0.4) is 0 Å². The Kier molecular flexibility index (Phi) is 6.32. The molecule has 2 aromatic rings. The van der Waals surface area contributed by atoms with Gasteiger partial charge in [0.25, 0.3) is 0 Å². The van der Waals surface area contributed by atoms with Crippen LogP contribution in [0.15, 0.2) is 18.3 Å². The highest BCUT2D eigenvalue weighted by Crippen LogP contribution is 2.25. The van der Waals surface area contributed by atoms with E-state index in [1.807, 2.05) is 6.20 Å². The van der Waals surface area contributed by atoms with E-state index in [1.54, 1.807) is 0 Å². The van der Waals surface area contributed by atoms with Crippen molar-refractivity contribution in [2.75, 3.05) is 19.4 Å². The molecule has 1 aliphatic rings. The number of fused-ring (bicyclic) bond motifs is 1. The van der Waals surface area contributed by atoms with Crippen molar-refractivity contribution < 1.29 is 9.47 Å². The molecule has 0 aliphatic carbocycles. The molecule has 0 saturated carbocycles. The van der Waals surface area contributed by atoms with Crippen LogP contribution in [-0.2, 0) is 4.74 Å². The van der Waals surface area contributed by atoms with Gasteiger partial charge in [-0.05, 0) is 43.4 Å². The molecular formula is C19H30N2O2Si. The molecule has 5 heteroatoms. The van der Waals surface area contributed by atoms with E-state index in [4.69, 9.17) is 9.47 Å². The number of hydrogen-bond acceptors (Lipinski definition) is 3. The van der Waals surface area contributed by atoms with Gasteiger partial charge in [-0.3, -0.25) is 5.10 Å². The maximum absolute atomic E-state index is 6.14. The van der Waals surface area contributed by atoms with Crippen LogP contribution in [0.1, 0.15) is 38.2 Å². The van der Waals surface area contributed by atoms with Crippen molar-refractivity contribution in [1.82, 2.24) is 10.2 Å². The monoisotopic (exact) mass is 346 g/mol. The molecule has 1 aromatic carbocycles. The third kappa shape index (κ3) is 4.60. The fourth-order valence-corrected chi connectivity index (χ4v) is 6.15. The molecule has 0 amide bonds. The van der Waals surface area contributed by atoms with Crippen molar-refractivity contribution in [2.45, 2.75) is 51.6 Å². The topological polar surface area (TPSA) is 47.1 Å². The Bertz CT molecular complexity index is 637. The smallest absolute Gasteiger partial charge is 0.121 e. The number of rotatable bonds is 9. The Morgan fingerprint density at radius 1 is 1.38 bits per heavy atom. The zero-order chi connectivity index (χ0) is 16.8. The van der Waals surface area contributed by atoms with Gasteiger partial charge in [0.1, 0.15) is 5.75 Å². The number of ether oxygens (including phenoxy) is 2. The Hall–Kier alpha value is -1.33. The number of aryl methyl sites for hydroxylation is 1. The number of benzene rings is 1. The van der Waals surface area contributed by atoms with Crippen LogP contribution in [0, 0.1) is 12.8 Å². The van der Waals surface area contributed by atoms with E-state index in [1.165, 1.54) is 48.7 Å². The van der Waals surface area contributed by atoms with E-state index in [9.17, 15) is 0 Å². The fourth-order valence-electron chi connectivity index (χ4n) is 3.72. The number of aromatic amines is 1. The number of aromatic nitrogens is 2. The van der Waals surface area contributed by atoms with Crippen LogP contribution >= 0.6 is 0 Å². The number of nitrogens with zero attached hydrogens (tertiary/aromatic N) is 1. The first-order valence-electron chi connectivity index (χ1n) is 9.40. The van der Waals surface area contributed by atoms with E-state index in [2.05, 4.69) is 36.2 Å². The van der Waals surface area contributed by atoms with E-state index in [0.717, 1.165) is 30.7 Å². The Balaban J connectivity index is 1.50. The minimum atomic E-state index is -0.541. The molecule has 2 unspecified atom stereocenters. The van der Waals surface area contributed by atoms with Crippen molar-refractivity contribution in [3.63, 3.8) is 0 Å². The van der Waals surface area contributed by atoms with Gasteiger partial charge in [-0.1, -0.05) is 25.8 Å². The molecule has 0 bridgehead atoms. The first-order valence-corrected chi connectivity index (χ1v) is 11.9. The molecule has 1 N–H and O–H groups in total. The summed E-state index contributed by atoms with van der Waals surface area (Å²) in [5.74, 6) is 1.63. The predicted octanol–water partition coefficient (Wildman–Crippen LogP) is 4.24. The van der Waals surface area contributed by atoms with Gasteiger partial charge in [-0.25, -0.2) is 0 Å². The van der Waals surface area contributed by atoms with Crippen LogP contribution in [0.5, 0.6) is 5.75 Å². The lowest BCUT2D eigenvalue weighted by Crippen LogP contribution is -2.15. The Morgan fingerprint density at radius 3 is 3.08 bits per heavy atom. The van der Waals surface area contributed by atoms with E-state index < -0.39 is 8.80 Å². The van der Waals surface area contributed by atoms with E-state index >= 15 is 0 Å². The average molecular weight is 347 g/mol. The summed E-state index contributed by atoms with van der Waals surface area (Å²) in [5.41, 5.74) is 2.28. The summed E-state index contributed by atoms with van der Waals surface area (Å²) in [5, 5.41) is 8.34. The molecule has 24 heavy (non-hydrogen) atoms. The van der Waals surface area contributed by atoms with Crippen molar-refractivity contribution in [3.05, 3.63) is 23.9 Å². The van der Waals surface area contributed by atoms with Gasteiger partial charge in [0.2, 0.25) is 0 Å². The fraction of sp³-hybridized carbons (Fsp3) is 0.632. The first-order chi connectivity index (χ1) is 11.8.